The van der Waals surface area contributed by atoms with Crippen molar-refractivity contribution in [2.45, 2.75) is 19.8 Å². The number of aliphatic carboxylic acids is 1. The van der Waals surface area contributed by atoms with E-state index in [1.54, 1.807) is 0 Å². The molecule has 0 aromatic carbocycles. The molecule has 0 aliphatic heterocycles. The molecule has 82 valence electrons. The number of carbonyl (C=O) groups excluding carboxylic acids is 1. The van der Waals surface area contributed by atoms with Crippen LogP contribution in [0.15, 0.2) is 10.8 Å². The van der Waals surface area contributed by atoms with Gasteiger partial charge >= 0.3 is 5.97 Å². The summed E-state index contributed by atoms with van der Waals surface area (Å²) in [4.78, 5) is 25.4. The highest BCUT2D eigenvalue weighted by atomic mass is 16.4. The van der Waals surface area contributed by atoms with Gasteiger partial charge in [-0.05, 0) is 0 Å². The van der Waals surface area contributed by atoms with Crippen molar-refractivity contribution in [2.75, 3.05) is 6.54 Å². The standard InChI is InChI=1S/C9H12N2O4/c1-2-6-8(11-5-15-6)9(14)10-4-3-7(12)13/h5H,2-4H2,1H3,(H,10,14)(H,12,13). The van der Waals surface area contributed by atoms with Crippen LogP contribution in [0.5, 0.6) is 0 Å². The Morgan fingerprint density at radius 1 is 1.60 bits per heavy atom. The summed E-state index contributed by atoms with van der Waals surface area (Å²) in [6.07, 6.45) is 1.66. The molecule has 1 heterocycles. The molecule has 0 saturated carbocycles. The van der Waals surface area contributed by atoms with E-state index in [1.807, 2.05) is 6.92 Å². The van der Waals surface area contributed by atoms with E-state index in [-0.39, 0.29) is 18.7 Å². The lowest BCUT2D eigenvalue weighted by Crippen LogP contribution is -2.27. The van der Waals surface area contributed by atoms with E-state index >= 15 is 0 Å². The number of carboxylic acids is 1. The zero-order valence-corrected chi connectivity index (χ0v) is 8.32. The van der Waals surface area contributed by atoms with Crippen LogP contribution in [0.4, 0.5) is 0 Å². The van der Waals surface area contributed by atoms with Crippen LogP contribution in [0.1, 0.15) is 29.6 Å². The van der Waals surface area contributed by atoms with Gasteiger partial charge in [0, 0.05) is 13.0 Å². The molecule has 0 radical (unpaired) electrons. The van der Waals surface area contributed by atoms with Gasteiger partial charge in [0.25, 0.3) is 5.91 Å². The minimum absolute atomic E-state index is 0.0875. The SMILES string of the molecule is CCc1ocnc1C(=O)NCCC(=O)O. The molecular formula is C9H12N2O4. The van der Waals surface area contributed by atoms with Gasteiger partial charge < -0.3 is 14.8 Å². The normalized spacial score (nSPS) is 9.93. The Morgan fingerprint density at radius 2 is 2.33 bits per heavy atom. The molecule has 15 heavy (non-hydrogen) atoms. The second-order valence-electron chi connectivity index (χ2n) is 2.88. The molecule has 1 amide bonds. The second-order valence-corrected chi connectivity index (χ2v) is 2.88. The molecule has 0 aliphatic carbocycles. The largest absolute Gasteiger partial charge is 0.481 e. The van der Waals surface area contributed by atoms with Crippen LogP contribution in [0.25, 0.3) is 0 Å². The minimum Gasteiger partial charge on any atom is -0.481 e. The monoisotopic (exact) mass is 212 g/mol. The van der Waals surface area contributed by atoms with E-state index in [4.69, 9.17) is 9.52 Å². The van der Waals surface area contributed by atoms with Crippen LogP contribution in [0, 0.1) is 0 Å². The molecule has 0 saturated heterocycles. The van der Waals surface area contributed by atoms with Crippen molar-refractivity contribution < 1.29 is 19.1 Å². The van der Waals surface area contributed by atoms with E-state index in [9.17, 15) is 9.59 Å². The number of aryl methyl sites for hydroxylation is 1. The molecule has 6 nitrogen and oxygen atoms in total. The second kappa shape index (κ2) is 5.14. The number of nitrogens with one attached hydrogen (secondary N) is 1. The third-order valence-corrected chi connectivity index (χ3v) is 1.80. The molecule has 1 rings (SSSR count). The van der Waals surface area contributed by atoms with Crippen molar-refractivity contribution in [3.05, 3.63) is 17.8 Å². The van der Waals surface area contributed by atoms with Crippen LogP contribution in [-0.2, 0) is 11.2 Å². The fraction of sp³-hybridized carbons (Fsp3) is 0.444. The van der Waals surface area contributed by atoms with E-state index in [0.29, 0.717) is 12.2 Å². The van der Waals surface area contributed by atoms with Crippen LogP contribution in [0.3, 0.4) is 0 Å². The molecular weight excluding hydrogens is 200 g/mol. The number of amides is 1. The van der Waals surface area contributed by atoms with Crippen LogP contribution < -0.4 is 5.32 Å². The molecule has 1 aromatic heterocycles. The lowest BCUT2D eigenvalue weighted by Gasteiger charge is -2.01. The molecule has 0 aliphatic rings. The Balaban J connectivity index is 2.50. The predicted molar refractivity (Wildman–Crippen MR) is 50.5 cm³/mol. The van der Waals surface area contributed by atoms with Crippen molar-refractivity contribution >= 4 is 11.9 Å². The fourth-order valence-corrected chi connectivity index (χ4v) is 1.07. The molecule has 0 unspecified atom stereocenters. The number of oxazole rings is 1. The highest BCUT2D eigenvalue weighted by Gasteiger charge is 2.14. The third-order valence-electron chi connectivity index (χ3n) is 1.80. The van der Waals surface area contributed by atoms with E-state index in [0.717, 1.165) is 0 Å². The van der Waals surface area contributed by atoms with Gasteiger partial charge in [-0.3, -0.25) is 9.59 Å². The summed E-state index contributed by atoms with van der Waals surface area (Å²) in [5.74, 6) is -0.851. The van der Waals surface area contributed by atoms with Crippen molar-refractivity contribution in [3.63, 3.8) is 0 Å². The summed E-state index contributed by atoms with van der Waals surface area (Å²) >= 11 is 0. The molecule has 2 N–H and O–H groups in total. The Hall–Kier alpha value is -1.85. The van der Waals surface area contributed by atoms with E-state index in [1.165, 1.54) is 6.39 Å². The molecule has 0 atom stereocenters. The van der Waals surface area contributed by atoms with Gasteiger partial charge in [-0.2, -0.15) is 0 Å². The number of carboxylic acid groups (broad SMARTS) is 1. The lowest BCUT2D eigenvalue weighted by molar-refractivity contribution is -0.136. The topological polar surface area (TPSA) is 92.4 Å². The maximum Gasteiger partial charge on any atom is 0.305 e. The van der Waals surface area contributed by atoms with Gasteiger partial charge in [-0.1, -0.05) is 6.92 Å². The van der Waals surface area contributed by atoms with Crippen LogP contribution in [-0.4, -0.2) is 28.5 Å². The summed E-state index contributed by atoms with van der Waals surface area (Å²) < 4.78 is 4.97. The number of hydrogen-bond donors (Lipinski definition) is 2. The fourth-order valence-electron chi connectivity index (χ4n) is 1.07. The van der Waals surface area contributed by atoms with Crippen molar-refractivity contribution in [1.82, 2.24) is 10.3 Å². The van der Waals surface area contributed by atoms with Crippen molar-refractivity contribution in [2.24, 2.45) is 0 Å². The molecule has 0 fully saturated rings. The number of hydrogen-bond acceptors (Lipinski definition) is 4. The van der Waals surface area contributed by atoms with E-state index < -0.39 is 11.9 Å². The van der Waals surface area contributed by atoms with Crippen LogP contribution >= 0.6 is 0 Å². The summed E-state index contributed by atoms with van der Waals surface area (Å²) in [6.45, 7) is 1.93. The first-order chi connectivity index (χ1) is 7.15. The number of aromatic nitrogens is 1. The van der Waals surface area contributed by atoms with Gasteiger partial charge in [-0.25, -0.2) is 4.98 Å². The minimum atomic E-state index is -0.953. The van der Waals surface area contributed by atoms with Gasteiger partial charge in [-0.15, -0.1) is 0 Å². The van der Waals surface area contributed by atoms with Gasteiger partial charge in [0.1, 0.15) is 5.76 Å². The zero-order chi connectivity index (χ0) is 11.3. The number of nitrogens with zero attached hydrogens (tertiary/aromatic N) is 1. The van der Waals surface area contributed by atoms with Gasteiger partial charge in [0.05, 0.1) is 6.42 Å². The number of carbonyl (C=O) groups is 2. The number of rotatable bonds is 5. The first-order valence-electron chi connectivity index (χ1n) is 4.57. The Kier molecular flexibility index (Phi) is 3.84. The zero-order valence-electron chi connectivity index (χ0n) is 8.32. The smallest absolute Gasteiger partial charge is 0.305 e. The van der Waals surface area contributed by atoms with Crippen LogP contribution in [0.2, 0.25) is 0 Å². The molecule has 6 heteroatoms. The molecule has 0 spiro atoms. The Morgan fingerprint density at radius 3 is 2.93 bits per heavy atom. The van der Waals surface area contributed by atoms with Crippen molar-refractivity contribution in [1.29, 1.82) is 0 Å². The predicted octanol–water partition coefficient (Wildman–Crippen LogP) is 0.442. The average Bonchev–Trinajstić information content (AvgIpc) is 2.64. The summed E-state index contributed by atoms with van der Waals surface area (Å²) in [7, 11) is 0. The van der Waals surface area contributed by atoms with E-state index in [2.05, 4.69) is 10.3 Å². The summed E-state index contributed by atoms with van der Waals surface area (Å²) in [6, 6.07) is 0. The van der Waals surface area contributed by atoms with Gasteiger partial charge in [0.2, 0.25) is 0 Å². The third kappa shape index (κ3) is 3.08. The lowest BCUT2D eigenvalue weighted by atomic mass is 10.2. The summed E-state index contributed by atoms with van der Waals surface area (Å²) in [5.41, 5.74) is 0.225. The quantitative estimate of drug-likeness (QED) is 0.738. The van der Waals surface area contributed by atoms with Gasteiger partial charge in [0.15, 0.2) is 12.1 Å². The molecule has 0 bridgehead atoms. The highest BCUT2D eigenvalue weighted by molar-refractivity contribution is 5.93. The average molecular weight is 212 g/mol. The maximum atomic E-state index is 11.4. The Labute approximate surface area is 86.3 Å². The maximum absolute atomic E-state index is 11.4. The summed E-state index contributed by atoms with van der Waals surface area (Å²) in [5, 5.41) is 10.8. The first-order valence-corrected chi connectivity index (χ1v) is 4.57. The first kappa shape index (κ1) is 11.2. The van der Waals surface area contributed by atoms with Crippen molar-refractivity contribution in [3.8, 4) is 0 Å². The Bertz CT molecular complexity index is 359. The highest BCUT2D eigenvalue weighted by Crippen LogP contribution is 2.06. The molecule has 1 aromatic rings.